The van der Waals surface area contributed by atoms with E-state index in [1.165, 1.54) is 6.07 Å². The number of nitro groups is 1. The first-order valence-electron chi connectivity index (χ1n) is 5.47. The monoisotopic (exact) mass is 271 g/mol. The highest BCUT2D eigenvalue weighted by atomic mass is 19.1. The summed E-state index contributed by atoms with van der Waals surface area (Å²) in [5.74, 6) is -0.729. The van der Waals surface area contributed by atoms with Gasteiger partial charge >= 0.3 is 6.16 Å². The molecule has 0 aliphatic heterocycles. The molecule has 104 valence electrons. The van der Waals surface area contributed by atoms with Gasteiger partial charge in [0, 0.05) is 0 Å². The fraction of sp³-hybridized carbons (Fsp3) is 0.417. The molecule has 0 heterocycles. The summed E-state index contributed by atoms with van der Waals surface area (Å²) < 4.78 is 22.5. The first-order chi connectivity index (χ1) is 8.69. The van der Waals surface area contributed by atoms with Gasteiger partial charge in [-0.2, -0.15) is 0 Å². The van der Waals surface area contributed by atoms with Crippen LogP contribution in [0.5, 0.6) is 0 Å². The number of carbonyl (C=O) groups excluding carboxylic acids is 1. The lowest BCUT2D eigenvalue weighted by atomic mass is 10.2. The van der Waals surface area contributed by atoms with Gasteiger partial charge < -0.3 is 9.47 Å². The van der Waals surface area contributed by atoms with Crippen molar-refractivity contribution in [2.24, 2.45) is 0 Å². The molecular formula is C12H14FNO5. The molecule has 0 fully saturated rings. The van der Waals surface area contributed by atoms with E-state index in [0.717, 1.165) is 12.1 Å². The molecule has 0 atom stereocenters. The minimum Gasteiger partial charge on any atom is -0.429 e. The van der Waals surface area contributed by atoms with Gasteiger partial charge in [-0.1, -0.05) is 0 Å². The van der Waals surface area contributed by atoms with Crippen molar-refractivity contribution in [1.82, 2.24) is 0 Å². The number of hydrogen-bond donors (Lipinski definition) is 0. The zero-order valence-corrected chi connectivity index (χ0v) is 10.8. The molecule has 0 spiro atoms. The largest absolute Gasteiger partial charge is 0.509 e. The third kappa shape index (κ3) is 4.90. The first kappa shape index (κ1) is 14.9. The predicted octanol–water partition coefficient (Wildman–Crippen LogP) is 3.19. The van der Waals surface area contributed by atoms with Gasteiger partial charge in [-0.15, -0.1) is 0 Å². The van der Waals surface area contributed by atoms with Crippen molar-refractivity contribution in [3.8, 4) is 0 Å². The predicted molar refractivity (Wildman–Crippen MR) is 64.1 cm³/mol. The second-order valence-electron chi connectivity index (χ2n) is 4.78. The van der Waals surface area contributed by atoms with Crippen molar-refractivity contribution in [3.63, 3.8) is 0 Å². The molecule has 1 rings (SSSR count). The Hall–Kier alpha value is -2.18. The minimum absolute atomic E-state index is 0.0947. The number of halogens is 1. The fourth-order valence-electron chi connectivity index (χ4n) is 1.25. The van der Waals surface area contributed by atoms with Crippen molar-refractivity contribution in [3.05, 3.63) is 39.7 Å². The molecule has 6 nitrogen and oxygen atoms in total. The highest BCUT2D eigenvalue weighted by Crippen LogP contribution is 2.21. The molecule has 7 heteroatoms. The second kappa shape index (κ2) is 5.64. The zero-order chi connectivity index (χ0) is 14.6. The normalized spacial score (nSPS) is 10.9. The minimum atomic E-state index is -0.939. The maximum Gasteiger partial charge on any atom is 0.509 e. The van der Waals surface area contributed by atoms with Gasteiger partial charge in [0.05, 0.1) is 16.6 Å². The summed E-state index contributed by atoms with van der Waals surface area (Å²) in [5.41, 5.74) is -1.06. The van der Waals surface area contributed by atoms with E-state index in [0.29, 0.717) is 0 Å². The van der Waals surface area contributed by atoms with Crippen molar-refractivity contribution in [2.75, 3.05) is 0 Å². The van der Waals surface area contributed by atoms with Crippen molar-refractivity contribution in [1.29, 1.82) is 0 Å². The molecule has 0 aliphatic rings. The van der Waals surface area contributed by atoms with Crippen LogP contribution in [0.1, 0.15) is 26.3 Å². The molecule has 0 bridgehead atoms. The number of nitrogens with zero attached hydrogens (tertiary/aromatic N) is 1. The average molecular weight is 271 g/mol. The van der Waals surface area contributed by atoms with Crippen LogP contribution in [0.2, 0.25) is 0 Å². The molecule has 1 aromatic carbocycles. The van der Waals surface area contributed by atoms with Crippen LogP contribution >= 0.6 is 0 Å². The fourth-order valence-corrected chi connectivity index (χ4v) is 1.25. The van der Waals surface area contributed by atoms with Crippen LogP contribution < -0.4 is 0 Å². The summed E-state index contributed by atoms with van der Waals surface area (Å²) in [7, 11) is 0. The highest BCUT2D eigenvalue weighted by molar-refractivity contribution is 5.60. The van der Waals surface area contributed by atoms with E-state index in [-0.39, 0.29) is 12.2 Å². The molecule has 0 N–H and O–H groups in total. The molecular weight excluding hydrogens is 257 g/mol. The molecule has 0 amide bonds. The van der Waals surface area contributed by atoms with E-state index in [1.54, 1.807) is 20.8 Å². The Morgan fingerprint density at radius 3 is 2.58 bits per heavy atom. The Bertz CT molecular complexity index is 495. The third-order valence-electron chi connectivity index (χ3n) is 1.98. The molecule has 0 aliphatic carbocycles. The topological polar surface area (TPSA) is 78.7 Å². The summed E-state index contributed by atoms with van der Waals surface area (Å²) in [4.78, 5) is 21.3. The lowest BCUT2D eigenvalue weighted by Gasteiger charge is -2.18. The summed E-state index contributed by atoms with van der Waals surface area (Å²) in [6, 6.07) is 3.02. The van der Waals surface area contributed by atoms with Gasteiger partial charge in [-0.25, -0.2) is 9.18 Å². The van der Waals surface area contributed by atoms with Gasteiger partial charge in [0.25, 0.3) is 5.69 Å². The van der Waals surface area contributed by atoms with Crippen molar-refractivity contribution >= 4 is 11.8 Å². The summed E-state index contributed by atoms with van der Waals surface area (Å²) in [6.07, 6.45) is -0.939. The van der Waals surface area contributed by atoms with Gasteiger partial charge in [0.1, 0.15) is 18.0 Å². The van der Waals surface area contributed by atoms with Crippen LogP contribution in [0.15, 0.2) is 18.2 Å². The quantitative estimate of drug-likeness (QED) is 0.479. The van der Waals surface area contributed by atoms with Crippen LogP contribution in [0.4, 0.5) is 14.9 Å². The van der Waals surface area contributed by atoms with Crippen LogP contribution in [-0.2, 0) is 16.1 Å². The molecule has 0 saturated carbocycles. The number of carbonyl (C=O) groups is 1. The number of rotatable bonds is 3. The average Bonchev–Trinajstić information content (AvgIpc) is 2.24. The van der Waals surface area contributed by atoms with E-state index in [4.69, 9.17) is 9.47 Å². The lowest BCUT2D eigenvalue weighted by molar-refractivity contribution is -0.386. The first-order valence-corrected chi connectivity index (χ1v) is 5.47. The SMILES string of the molecule is CC(C)(C)OC(=O)OCc1ccc(F)cc1[N+](=O)[O-]. The van der Waals surface area contributed by atoms with E-state index < -0.39 is 28.2 Å². The number of hydrogen-bond acceptors (Lipinski definition) is 5. The lowest BCUT2D eigenvalue weighted by Crippen LogP contribution is -2.24. The van der Waals surface area contributed by atoms with Gasteiger partial charge in [0.2, 0.25) is 0 Å². The number of nitro benzene ring substituents is 1. The Morgan fingerprint density at radius 1 is 1.42 bits per heavy atom. The van der Waals surface area contributed by atoms with E-state index in [9.17, 15) is 19.3 Å². The standard InChI is InChI=1S/C12H14FNO5/c1-12(2,3)19-11(15)18-7-8-4-5-9(13)6-10(8)14(16)17/h4-6H,7H2,1-3H3. The van der Waals surface area contributed by atoms with Crippen molar-refractivity contribution < 1.29 is 23.6 Å². The Labute approximate surface area is 109 Å². The van der Waals surface area contributed by atoms with E-state index in [1.807, 2.05) is 0 Å². The second-order valence-corrected chi connectivity index (χ2v) is 4.78. The maximum atomic E-state index is 12.9. The molecule has 0 radical (unpaired) electrons. The number of ether oxygens (including phenoxy) is 2. The van der Waals surface area contributed by atoms with Gasteiger partial charge in [0.15, 0.2) is 0 Å². The van der Waals surface area contributed by atoms with Crippen molar-refractivity contribution in [2.45, 2.75) is 33.0 Å². The summed E-state index contributed by atoms with van der Waals surface area (Å²) >= 11 is 0. The van der Waals surface area contributed by atoms with Gasteiger partial charge in [-0.3, -0.25) is 10.1 Å². The van der Waals surface area contributed by atoms with E-state index in [2.05, 4.69) is 0 Å². The third-order valence-corrected chi connectivity index (χ3v) is 1.98. The maximum absolute atomic E-state index is 12.9. The van der Waals surface area contributed by atoms with Crippen LogP contribution in [0.3, 0.4) is 0 Å². The Balaban J connectivity index is 2.73. The molecule has 0 saturated heterocycles. The van der Waals surface area contributed by atoms with Crippen LogP contribution in [0.25, 0.3) is 0 Å². The van der Waals surface area contributed by atoms with Gasteiger partial charge in [-0.05, 0) is 32.9 Å². The summed E-state index contributed by atoms with van der Waals surface area (Å²) in [5, 5.41) is 10.7. The Kier molecular flexibility index (Phi) is 4.42. The highest BCUT2D eigenvalue weighted by Gasteiger charge is 2.20. The zero-order valence-electron chi connectivity index (χ0n) is 10.8. The van der Waals surface area contributed by atoms with Crippen LogP contribution in [0, 0.1) is 15.9 Å². The number of benzene rings is 1. The molecule has 1 aromatic rings. The molecule has 0 aromatic heterocycles. The summed E-state index contributed by atoms with van der Waals surface area (Å²) in [6.45, 7) is 4.63. The van der Waals surface area contributed by atoms with E-state index >= 15 is 0 Å². The van der Waals surface area contributed by atoms with Crippen LogP contribution in [-0.4, -0.2) is 16.7 Å². The smallest absolute Gasteiger partial charge is 0.429 e. The molecule has 0 unspecified atom stereocenters. The molecule has 19 heavy (non-hydrogen) atoms. The Morgan fingerprint density at radius 2 is 2.05 bits per heavy atom.